The van der Waals surface area contributed by atoms with E-state index in [0.717, 1.165) is 11.8 Å². The summed E-state index contributed by atoms with van der Waals surface area (Å²) in [7, 11) is 0. The Balaban J connectivity index is 2.60. The van der Waals surface area contributed by atoms with Gasteiger partial charge in [0.05, 0.1) is 11.8 Å². The lowest BCUT2D eigenvalue weighted by Gasteiger charge is -2.06. The van der Waals surface area contributed by atoms with Crippen LogP contribution in [0.4, 0.5) is 4.39 Å². The van der Waals surface area contributed by atoms with Gasteiger partial charge >= 0.3 is 5.97 Å². The number of hydrogen-bond donors (Lipinski definition) is 1. The lowest BCUT2D eigenvalue weighted by atomic mass is 10.0. The molecule has 1 aromatic heterocycles. The van der Waals surface area contributed by atoms with Crippen molar-refractivity contribution in [3.8, 4) is 11.1 Å². The molecule has 1 N–H and O–H groups in total. The molecule has 86 valence electrons. The number of pyridine rings is 1. The van der Waals surface area contributed by atoms with Crippen LogP contribution in [0, 0.1) is 12.7 Å². The zero-order chi connectivity index (χ0) is 12.4. The average Bonchev–Trinajstić information content (AvgIpc) is 2.28. The first-order valence-corrected chi connectivity index (χ1v) is 5.03. The van der Waals surface area contributed by atoms with Gasteiger partial charge in [-0.3, -0.25) is 4.98 Å². The molecular formula is C13H10FNO2. The molecule has 0 saturated carbocycles. The smallest absolute Gasteiger partial charge is 0.335 e. The van der Waals surface area contributed by atoms with Gasteiger partial charge in [-0.15, -0.1) is 0 Å². The Morgan fingerprint density at radius 1 is 1.35 bits per heavy atom. The van der Waals surface area contributed by atoms with Crippen LogP contribution in [0.2, 0.25) is 0 Å². The Bertz CT molecular complexity index is 581. The molecule has 0 amide bonds. The van der Waals surface area contributed by atoms with Gasteiger partial charge in [-0.25, -0.2) is 9.18 Å². The van der Waals surface area contributed by atoms with Crippen LogP contribution in [0.3, 0.4) is 0 Å². The number of carboxylic acid groups (broad SMARTS) is 1. The molecule has 0 spiro atoms. The highest BCUT2D eigenvalue weighted by atomic mass is 19.1. The van der Waals surface area contributed by atoms with Crippen LogP contribution in [0.1, 0.15) is 15.9 Å². The molecule has 0 aliphatic carbocycles. The van der Waals surface area contributed by atoms with Gasteiger partial charge in [-0.1, -0.05) is 6.07 Å². The number of rotatable bonds is 2. The van der Waals surface area contributed by atoms with Crippen LogP contribution in [0.5, 0.6) is 0 Å². The lowest BCUT2D eigenvalue weighted by molar-refractivity contribution is 0.0697. The molecule has 0 atom stereocenters. The number of aromatic nitrogens is 1. The molecule has 0 fully saturated rings. The second-order valence-corrected chi connectivity index (χ2v) is 3.75. The molecule has 17 heavy (non-hydrogen) atoms. The fraction of sp³-hybridized carbons (Fsp3) is 0.0769. The summed E-state index contributed by atoms with van der Waals surface area (Å²) in [6, 6.07) is 6.26. The number of benzene rings is 1. The molecule has 4 heteroatoms. The van der Waals surface area contributed by atoms with E-state index in [-0.39, 0.29) is 5.56 Å². The van der Waals surface area contributed by atoms with Crippen molar-refractivity contribution in [1.29, 1.82) is 0 Å². The van der Waals surface area contributed by atoms with Gasteiger partial charge in [0, 0.05) is 11.8 Å². The molecule has 0 radical (unpaired) electrons. The molecule has 0 bridgehead atoms. The maximum Gasteiger partial charge on any atom is 0.335 e. The van der Waals surface area contributed by atoms with Crippen molar-refractivity contribution in [1.82, 2.24) is 4.98 Å². The third-order valence-corrected chi connectivity index (χ3v) is 2.41. The first-order valence-electron chi connectivity index (χ1n) is 5.03. The third kappa shape index (κ3) is 2.30. The summed E-state index contributed by atoms with van der Waals surface area (Å²) in [5.74, 6) is -1.49. The van der Waals surface area contributed by atoms with Gasteiger partial charge in [0.25, 0.3) is 0 Å². The summed E-state index contributed by atoms with van der Waals surface area (Å²) >= 11 is 0. The quantitative estimate of drug-likeness (QED) is 0.864. The Kier molecular flexibility index (Phi) is 2.87. The first-order chi connectivity index (χ1) is 8.08. The number of halogens is 1. The monoisotopic (exact) mass is 231 g/mol. The van der Waals surface area contributed by atoms with Crippen molar-refractivity contribution in [2.24, 2.45) is 0 Å². The molecule has 0 aliphatic heterocycles. The number of aryl methyl sites for hydroxylation is 1. The highest BCUT2D eigenvalue weighted by Crippen LogP contribution is 2.24. The van der Waals surface area contributed by atoms with Crippen molar-refractivity contribution in [3.05, 3.63) is 53.6 Å². The summed E-state index contributed by atoms with van der Waals surface area (Å²) in [5.41, 5.74) is 1.82. The Morgan fingerprint density at radius 3 is 2.76 bits per heavy atom. The standard InChI is InChI=1S/C13H10FNO2/c1-8-4-9(6-10(5-8)13(16)17)11-2-3-15-7-12(11)14/h2-7H,1H3,(H,16,17). The van der Waals surface area contributed by atoms with Crippen LogP contribution < -0.4 is 0 Å². The Morgan fingerprint density at radius 2 is 2.12 bits per heavy atom. The van der Waals surface area contributed by atoms with E-state index in [4.69, 9.17) is 5.11 Å². The number of carbonyl (C=O) groups is 1. The van der Waals surface area contributed by atoms with E-state index < -0.39 is 11.8 Å². The number of hydrogen-bond acceptors (Lipinski definition) is 2. The fourth-order valence-electron chi connectivity index (χ4n) is 1.67. The maximum absolute atomic E-state index is 13.5. The highest BCUT2D eigenvalue weighted by Gasteiger charge is 2.09. The third-order valence-electron chi connectivity index (χ3n) is 2.41. The highest BCUT2D eigenvalue weighted by molar-refractivity contribution is 5.89. The van der Waals surface area contributed by atoms with E-state index in [1.165, 1.54) is 18.3 Å². The van der Waals surface area contributed by atoms with Crippen LogP contribution >= 0.6 is 0 Å². The zero-order valence-corrected chi connectivity index (χ0v) is 9.14. The summed E-state index contributed by atoms with van der Waals surface area (Å²) in [6.07, 6.45) is 2.58. The summed E-state index contributed by atoms with van der Waals surface area (Å²) < 4.78 is 13.5. The minimum absolute atomic E-state index is 0.149. The predicted octanol–water partition coefficient (Wildman–Crippen LogP) is 2.89. The van der Waals surface area contributed by atoms with E-state index in [1.54, 1.807) is 19.1 Å². The van der Waals surface area contributed by atoms with Gasteiger partial charge in [-0.05, 0) is 36.2 Å². The number of nitrogens with zero attached hydrogens (tertiary/aromatic N) is 1. The van der Waals surface area contributed by atoms with Gasteiger partial charge in [0.1, 0.15) is 5.82 Å². The molecule has 2 aromatic rings. The molecule has 0 unspecified atom stereocenters. The van der Waals surface area contributed by atoms with Gasteiger partial charge in [0.2, 0.25) is 0 Å². The van der Waals surface area contributed by atoms with Crippen molar-refractivity contribution in [2.75, 3.05) is 0 Å². The topological polar surface area (TPSA) is 50.2 Å². The van der Waals surface area contributed by atoms with Gasteiger partial charge in [-0.2, -0.15) is 0 Å². The maximum atomic E-state index is 13.5. The van der Waals surface area contributed by atoms with Crippen LogP contribution in [0.15, 0.2) is 36.7 Å². The van der Waals surface area contributed by atoms with Crippen LogP contribution in [-0.2, 0) is 0 Å². The van der Waals surface area contributed by atoms with Crippen molar-refractivity contribution >= 4 is 5.97 Å². The Labute approximate surface area is 97.6 Å². The lowest BCUT2D eigenvalue weighted by Crippen LogP contribution is -1.98. The predicted molar refractivity (Wildman–Crippen MR) is 61.3 cm³/mol. The molecule has 0 aliphatic rings. The minimum Gasteiger partial charge on any atom is -0.478 e. The summed E-state index contributed by atoms with van der Waals surface area (Å²) in [6.45, 7) is 1.77. The van der Waals surface area contributed by atoms with E-state index in [1.807, 2.05) is 0 Å². The fourth-order valence-corrected chi connectivity index (χ4v) is 1.67. The van der Waals surface area contributed by atoms with Crippen LogP contribution in [0.25, 0.3) is 11.1 Å². The summed E-state index contributed by atoms with van der Waals surface area (Å²) in [4.78, 5) is 14.6. The van der Waals surface area contributed by atoms with Crippen molar-refractivity contribution < 1.29 is 14.3 Å². The average molecular weight is 231 g/mol. The summed E-state index contributed by atoms with van der Waals surface area (Å²) in [5, 5.41) is 8.94. The number of carboxylic acids is 1. The minimum atomic E-state index is -1.02. The normalized spacial score (nSPS) is 10.2. The van der Waals surface area contributed by atoms with Crippen LogP contribution in [-0.4, -0.2) is 16.1 Å². The Hall–Kier alpha value is -2.23. The van der Waals surface area contributed by atoms with E-state index >= 15 is 0 Å². The van der Waals surface area contributed by atoms with Gasteiger partial charge in [0.15, 0.2) is 0 Å². The molecule has 3 nitrogen and oxygen atoms in total. The van der Waals surface area contributed by atoms with E-state index in [9.17, 15) is 9.18 Å². The van der Waals surface area contributed by atoms with E-state index in [0.29, 0.717) is 11.1 Å². The molecule has 0 saturated heterocycles. The number of aromatic carboxylic acids is 1. The van der Waals surface area contributed by atoms with Gasteiger partial charge < -0.3 is 5.11 Å². The molecular weight excluding hydrogens is 221 g/mol. The first kappa shape index (κ1) is 11.3. The second kappa shape index (κ2) is 4.33. The van der Waals surface area contributed by atoms with Crippen molar-refractivity contribution in [3.63, 3.8) is 0 Å². The van der Waals surface area contributed by atoms with E-state index in [2.05, 4.69) is 4.98 Å². The molecule has 1 aromatic carbocycles. The second-order valence-electron chi connectivity index (χ2n) is 3.75. The molecule has 2 rings (SSSR count). The van der Waals surface area contributed by atoms with Crippen molar-refractivity contribution in [2.45, 2.75) is 6.92 Å². The SMILES string of the molecule is Cc1cc(C(=O)O)cc(-c2ccncc2F)c1. The molecule has 1 heterocycles. The largest absolute Gasteiger partial charge is 0.478 e. The zero-order valence-electron chi connectivity index (χ0n) is 9.14.